The van der Waals surface area contributed by atoms with Crippen molar-refractivity contribution in [1.29, 1.82) is 15.8 Å². The van der Waals surface area contributed by atoms with Gasteiger partial charge in [0.1, 0.15) is 0 Å². The molecule has 0 aliphatic heterocycles. The zero-order valence-corrected chi connectivity index (χ0v) is 28.1. The van der Waals surface area contributed by atoms with Crippen molar-refractivity contribution in [2.24, 2.45) is 0 Å². The third-order valence-electron chi connectivity index (χ3n) is 9.88. The lowest BCUT2D eigenvalue weighted by atomic mass is 9.93. The van der Waals surface area contributed by atoms with Crippen LogP contribution in [0, 0.1) is 40.9 Å². The van der Waals surface area contributed by atoms with Crippen LogP contribution in [-0.4, -0.2) is 9.13 Å². The normalized spacial score (nSPS) is 12.1. The van der Waals surface area contributed by atoms with E-state index in [0.29, 0.717) is 16.7 Å². The van der Waals surface area contributed by atoms with Gasteiger partial charge in [0.2, 0.25) is 0 Å². The van der Waals surface area contributed by atoms with Crippen LogP contribution in [0.1, 0.15) is 45.6 Å². The van der Waals surface area contributed by atoms with E-state index in [0.717, 1.165) is 68.6 Å². The van der Waals surface area contributed by atoms with Crippen molar-refractivity contribution in [3.8, 4) is 51.8 Å². The highest BCUT2D eigenvalue weighted by Crippen LogP contribution is 2.39. The zero-order valence-electron chi connectivity index (χ0n) is 28.1. The second kappa shape index (κ2) is 12.7. The zero-order chi connectivity index (χ0) is 35.1. The highest BCUT2D eigenvalue weighted by atomic mass is 15.0. The lowest BCUT2D eigenvalue weighted by Crippen LogP contribution is -2.03. The molecular formula is C46H31N5. The van der Waals surface area contributed by atoms with Crippen molar-refractivity contribution in [2.45, 2.75) is 19.8 Å². The van der Waals surface area contributed by atoms with Gasteiger partial charge in [-0.25, -0.2) is 0 Å². The summed E-state index contributed by atoms with van der Waals surface area (Å²) in [7, 11) is 0. The lowest BCUT2D eigenvalue weighted by Gasteiger charge is -2.17. The molecule has 7 aromatic rings. The van der Waals surface area contributed by atoms with E-state index in [1.807, 2.05) is 60.7 Å². The number of aromatic nitrogens is 2. The Bertz CT molecular complexity index is 2740. The van der Waals surface area contributed by atoms with E-state index in [9.17, 15) is 15.8 Å². The molecule has 0 fully saturated rings. The van der Waals surface area contributed by atoms with Crippen molar-refractivity contribution in [1.82, 2.24) is 9.13 Å². The molecular weight excluding hydrogens is 623 g/mol. The van der Waals surface area contributed by atoms with Gasteiger partial charge in [0.25, 0.3) is 0 Å². The fourth-order valence-electron chi connectivity index (χ4n) is 7.53. The fraction of sp³-hybridized carbons (Fsp3) is 0.0652. The Labute approximate surface area is 296 Å². The van der Waals surface area contributed by atoms with Crippen LogP contribution in [0.2, 0.25) is 0 Å². The molecule has 5 nitrogen and oxygen atoms in total. The summed E-state index contributed by atoms with van der Waals surface area (Å²) >= 11 is 0. The molecule has 0 saturated heterocycles. The minimum Gasteiger partial charge on any atom is -0.313 e. The molecule has 2 aromatic heterocycles. The van der Waals surface area contributed by atoms with Gasteiger partial charge in [-0.05, 0) is 97.6 Å². The standard InChI is InChI=1S/C46H31N5/c1-3-4-9-37-30(2)50(46-23-15-32(28-48)25-42(37)46)45-22-14-31(27-47)24-41(45)34-16-17-35(29-49)40(26-34)33-18-20-36(21-19-33)51-43-12-7-5-10-38(43)39-11-6-8-13-44(39)51/h3-7,9-12,14-26H,1,8,13H2,2H3/b9-4-. The first-order valence-corrected chi connectivity index (χ1v) is 16.9. The average molecular weight is 654 g/mol. The molecule has 5 aromatic carbocycles. The van der Waals surface area contributed by atoms with Crippen molar-refractivity contribution in [3.63, 3.8) is 0 Å². The Hall–Kier alpha value is -7.13. The van der Waals surface area contributed by atoms with Gasteiger partial charge in [0, 0.05) is 50.1 Å². The van der Waals surface area contributed by atoms with Gasteiger partial charge in [-0.15, -0.1) is 0 Å². The molecule has 1 aliphatic rings. The third-order valence-corrected chi connectivity index (χ3v) is 9.88. The molecule has 1 aliphatic carbocycles. The van der Waals surface area contributed by atoms with E-state index in [1.165, 1.54) is 22.2 Å². The fourth-order valence-corrected chi connectivity index (χ4v) is 7.53. The minimum atomic E-state index is 0.536. The topological polar surface area (TPSA) is 81.2 Å². The SMILES string of the molecule is C=C/C=C\c1c(C)n(-c2ccc(C#N)cc2-c2ccc(C#N)c(-c3ccc(-n4c5c(c6ccccc64)C=CCC5)cc3)c2)c2ccc(C#N)cc12. The first-order valence-electron chi connectivity index (χ1n) is 16.9. The molecule has 0 radical (unpaired) electrons. The predicted octanol–water partition coefficient (Wildman–Crippen LogP) is 11.0. The molecule has 240 valence electrons. The second-order valence-electron chi connectivity index (χ2n) is 12.7. The summed E-state index contributed by atoms with van der Waals surface area (Å²) in [6.45, 7) is 5.91. The molecule has 0 saturated carbocycles. The highest BCUT2D eigenvalue weighted by molar-refractivity contribution is 5.96. The van der Waals surface area contributed by atoms with E-state index < -0.39 is 0 Å². The lowest BCUT2D eigenvalue weighted by molar-refractivity contribution is 0.888. The number of hydrogen-bond acceptors (Lipinski definition) is 3. The molecule has 8 rings (SSSR count). The van der Waals surface area contributed by atoms with Crippen LogP contribution in [0.5, 0.6) is 0 Å². The second-order valence-corrected chi connectivity index (χ2v) is 12.7. The molecule has 51 heavy (non-hydrogen) atoms. The van der Waals surface area contributed by atoms with Crippen LogP contribution in [0.4, 0.5) is 0 Å². The maximum absolute atomic E-state index is 10.2. The summed E-state index contributed by atoms with van der Waals surface area (Å²) < 4.78 is 4.54. The summed E-state index contributed by atoms with van der Waals surface area (Å²) in [5.74, 6) is 0. The molecule has 0 spiro atoms. The van der Waals surface area contributed by atoms with Crippen molar-refractivity contribution in [2.75, 3.05) is 0 Å². The van der Waals surface area contributed by atoms with Gasteiger partial charge in [-0.2, -0.15) is 15.8 Å². The predicted molar refractivity (Wildman–Crippen MR) is 206 cm³/mol. The highest BCUT2D eigenvalue weighted by Gasteiger charge is 2.21. The summed E-state index contributed by atoms with van der Waals surface area (Å²) in [6.07, 6.45) is 12.1. The molecule has 0 bridgehead atoms. The van der Waals surface area contributed by atoms with E-state index in [2.05, 4.69) is 108 Å². The number of fused-ring (bicyclic) bond motifs is 4. The molecule has 5 heteroatoms. The van der Waals surface area contributed by atoms with Crippen molar-refractivity contribution < 1.29 is 0 Å². The molecule has 0 atom stereocenters. The smallest absolute Gasteiger partial charge is 0.0998 e. The van der Waals surface area contributed by atoms with Crippen LogP contribution in [0.25, 0.3) is 67.6 Å². The van der Waals surface area contributed by atoms with Crippen LogP contribution in [0.3, 0.4) is 0 Å². The van der Waals surface area contributed by atoms with E-state index in [1.54, 1.807) is 6.08 Å². The van der Waals surface area contributed by atoms with Crippen molar-refractivity contribution >= 4 is 34.0 Å². The van der Waals surface area contributed by atoms with Crippen LogP contribution >= 0.6 is 0 Å². The van der Waals surface area contributed by atoms with E-state index in [4.69, 9.17) is 0 Å². The van der Waals surface area contributed by atoms with E-state index >= 15 is 0 Å². The Balaban J connectivity index is 1.28. The summed E-state index contributed by atoms with van der Waals surface area (Å²) in [6, 6.07) is 41.3. The van der Waals surface area contributed by atoms with Gasteiger partial charge in [0.05, 0.1) is 51.6 Å². The average Bonchev–Trinajstić information content (AvgIpc) is 3.67. The van der Waals surface area contributed by atoms with Gasteiger partial charge in [-0.1, -0.05) is 73.4 Å². The molecule has 0 unspecified atom stereocenters. The molecule has 2 heterocycles. The van der Waals surface area contributed by atoms with Crippen LogP contribution < -0.4 is 0 Å². The van der Waals surface area contributed by atoms with Gasteiger partial charge < -0.3 is 9.13 Å². The number of allylic oxidation sites excluding steroid dienone is 3. The van der Waals surface area contributed by atoms with Gasteiger partial charge >= 0.3 is 0 Å². The number of hydrogen-bond donors (Lipinski definition) is 0. The summed E-state index contributed by atoms with van der Waals surface area (Å²) in [5, 5.41) is 32.1. The monoisotopic (exact) mass is 653 g/mol. The largest absolute Gasteiger partial charge is 0.313 e. The summed E-state index contributed by atoms with van der Waals surface area (Å²) in [4.78, 5) is 0. The maximum Gasteiger partial charge on any atom is 0.0998 e. The maximum atomic E-state index is 10.2. The van der Waals surface area contributed by atoms with Crippen LogP contribution in [0.15, 0.2) is 128 Å². The molecule has 0 N–H and O–H groups in total. The molecule has 0 amide bonds. The van der Waals surface area contributed by atoms with E-state index in [-0.39, 0.29) is 0 Å². The number of rotatable bonds is 6. The van der Waals surface area contributed by atoms with Gasteiger partial charge in [-0.3, -0.25) is 0 Å². The Morgan fingerprint density at radius 1 is 0.706 bits per heavy atom. The number of nitriles is 3. The Morgan fingerprint density at radius 2 is 1.45 bits per heavy atom. The minimum absolute atomic E-state index is 0.536. The summed E-state index contributed by atoms with van der Waals surface area (Å²) in [5.41, 5.74) is 13.9. The number of benzene rings is 5. The van der Waals surface area contributed by atoms with Crippen molar-refractivity contribution in [3.05, 3.63) is 167 Å². The quantitative estimate of drug-likeness (QED) is 0.167. The number of nitrogens with zero attached hydrogens (tertiary/aromatic N) is 5. The Kier molecular flexibility index (Phi) is 7.77. The first-order chi connectivity index (χ1) is 25.0. The third kappa shape index (κ3) is 5.15. The first kappa shape index (κ1) is 31.2. The van der Waals surface area contributed by atoms with Crippen LogP contribution in [-0.2, 0) is 6.42 Å². The Morgan fingerprint density at radius 3 is 2.24 bits per heavy atom. The number of para-hydroxylation sites is 1. The van der Waals surface area contributed by atoms with Gasteiger partial charge in [0.15, 0.2) is 0 Å².